The Morgan fingerprint density at radius 1 is 1.71 bits per heavy atom. The highest BCUT2D eigenvalue weighted by atomic mass is 16.4. The summed E-state index contributed by atoms with van der Waals surface area (Å²) in [6, 6.07) is 0.863. The van der Waals surface area contributed by atoms with E-state index in [-0.39, 0.29) is 0 Å². The first kappa shape index (κ1) is 3.06. The molecule has 0 amide bonds. The van der Waals surface area contributed by atoms with Crippen LogP contribution < -0.4 is 5.46 Å². The normalized spacial score (nSPS) is 27.9. The van der Waals surface area contributed by atoms with Crippen molar-refractivity contribution in [3.63, 3.8) is 0 Å². The fourth-order valence-corrected chi connectivity index (χ4v) is 0.905. The minimum atomic E-state index is -3.78. The van der Waals surface area contributed by atoms with E-state index in [1.54, 1.807) is 0 Å². The van der Waals surface area contributed by atoms with Crippen LogP contribution in [0.3, 0.4) is 0 Å². The Hall–Kier alpha value is -0.865. The summed E-state index contributed by atoms with van der Waals surface area (Å²) in [5, 5.41) is 18.7. The lowest BCUT2D eigenvalue weighted by molar-refractivity contribution is 0.425. The van der Waals surface area contributed by atoms with E-state index in [1.807, 2.05) is 0 Å². The number of hydrogen-bond donors (Lipinski definition) is 2. The van der Waals surface area contributed by atoms with Gasteiger partial charge in [-0.1, -0.05) is 13.7 Å². The molecular weight excluding hydrogens is 177 g/mol. The smallest absolute Gasteiger partial charge is 0.423 e. The Morgan fingerprint density at radius 3 is 3.07 bits per heavy atom. The van der Waals surface area contributed by atoms with Gasteiger partial charge in [-0.05, 0) is 36.2 Å². The van der Waals surface area contributed by atoms with Crippen molar-refractivity contribution in [1.29, 1.82) is 0 Å². The third-order valence-electron chi connectivity index (χ3n) is 1.50. The van der Waals surface area contributed by atoms with Gasteiger partial charge in [0.05, 0.1) is 0 Å². The molecule has 0 fully saturated rings. The molecule has 0 spiro atoms. The first-order chi connectivity index (χ1) is 11.3. The second kappa shape index (κ2) is 4.57. The molecule has 0 unspecified atom stereocenters. The van der Waals surface area contributed by atoms with Crippen molar-refractivity contribution in [3.05, 3.63) is 23.5 Å². The largest absolute Gasteiger partial charge is 0.488 e. The number of aromatic nitrogens is 1. The minimum absolute atomic E-state index is 0.697. The fraction of sp³-hybridized carbons (Fsp3) is 0.500. The fourth-order valence-electron chi connectivity index (χ4n) is 0.905. The van der Waals surface area contributed by atoms with E-state index >= 15 is 0 Å². The van der Waals surface area contributed by atoms with Crippen LogP contribution in [-0.2, 0) is 6.37 Å². The molecule has 0 aromatic carbocycles. The molecule has 0 atom stereocenters. The Bertz CT molecular complexity index is 651. The van der Waals surface area contributed by atoms with Gasteiger partial charge in [0.15, 0.2) is 0 Å². The molecule has 0 aliphatic rings. The highest BCUT2D eigenvalue weighted by molar-refractivity contribution is 6.59. The molecule has 0 bridgehead atoms. The highest BCUT2D eigenvalue weighted by Gasteiger charge is 2.16. The van der Waals surface area contributed by atoms with Gasteiger partial charge in [-0.3, -0.25) is 4.98 Å². The molecule has 0 aliphatic carbocycles. The van der Waals surface area contributed by atoms with Crippen molar-refractivity contribution in [2.75, 3.05) is 0 Å². The molecule has 14 heavy (non-hydrogen) atoms. The average Bonchev–Trinajstić information content (AvgIpc) is 2.41. The molecule has 76 valence electrons. The number of pyridine rings is 1. The third-order valence-corrected chi connectivity index (χ3v) is 1.50. The molecule has 0 radical (unpaired) electrons. The molecule has 3 nitrogen and oxygen atoms in total. The zero-order chi connectivity index (χ0) is 20.9. The summed E-state index contributed by atoms with van der Waals surface area (Å²) in [4.78, 5) is 3.48. The van der Waals surface area contributed by atoms with E-state index in [0.29, 0.717) is 0 Å². The predicted molar refractivity (Wildman–Crippen MR) is 57.3 cm³/mol. The summed E-state index contributed by atoms with van der Waals surface area (Å²) in [6.45, 7) is -10.6. The van der Waals surface area contributed by atoms with E-state index in [4.69, 9.17) is 16.4 Å². The molecule has 1 heterocycles. The molecule has 0 aliphatic heterocycles. The van der Waals surface area contributed by atoms with Gasteiger partial charge in [0.25, 0.3) is 0 Å². The number of rotatable bonds is 3. The molecule has 0 saturated carbocycles. The maximum Gasteiger partial charge on any atom is 0.488 e. The lowest BCUT2D eigenvalue weighted by Crippen LogP contribution is -2.33. The van der Waals surface area contributed by atoms with Crippen molar-refractivity contribution in [1.82, 2.24) is 4.98 Å². The number of nitrogens with zero attached hydrogens (tertiary/aromatic N) is 1. The second-order valence-electron chi connectivity index (χ2n) is 2.50. The summed E-state index contributed by atoms with van der Waals surface area (Å²) in [5.74, 6) is -3.78. The first-order valence-electron chi connectivity index (χ1n) is 9.66. The topological polar surface area (TPSA) is 53.4 Å². The first-order valence-corrected chi connectivity index (χ1v) is 3.66. The monoisotopic (exact) mass is 205 g/mol. The molecule has 1 aromatic rings. The van der Waals surface area contributed by atoms with Crippen LogP contribution in [0.5, 0.6) is 0 Å². The van der Waals surface area contributed by atoms with Crippen molar-refractivity contribution in [3.8, 4) is 0 Å². The summed E-state index contributed by atoms with van der Waals surface area (Å²) in [7, 11) is -2.37. The van der Waals surface area contributed by atoms with Crippen LogP contribution in [0, 0.1) is 12.7 Å². The third kappa shape index (κ3) is 2.56. The van der Waals surface area contributed by atoms with Crippen LogP contribution in [0.15, 0.2) is 12.3 Å². The van der Waals surface area contributed by atoms with E-state index in [9.17, 15) is 10.0 Å². The Kier molecular flexibility index (Phi) is 1.00. The van der Waals surface area contributed by atoms with Gasteiger partial charge in [-0.25, -0.2) is 0 Å². The van der Waals surface area contributed by atoms with Crippen LogP contribution in [0.2, 0.25) is 0 Å². The van der Waals surface area contributed by atoms with Gasteiger partial charge < -0.3 is 10.0 Å². The predicted octanol–water partition coefficient (Wildman–Crippen LogP) is 0.268. The lowest BCUT2D eigenvalue weighted by Gasteiger charge is -2.11. The lowest BCUT2D eigenvalue weighted by atomic mass is 9.77. The summed E-state index contributed by atoms with van der Waals surface area (Å²) in [6.07, 6.45) is -2.84. The maximum atomic E-state index is 9.37. The second-order valence-corrected chi connectivity index (χ2v) is 2.50. The summed E-state index contributed by atoms with van der Waals surface area (Å²) < 4.78 is 91.0. The molecule has 4 heteroatoms. The molecule has 1 rings (SSSR count). The van der Waals surface area contributed by atoms with Crippen molar-refractivity contribution in [2.24, 2.45) is 5.89 Å². The Balaban J connectivity index is 3.97. The molecule has 1 aromatic heterocycles. The van der Waals surface area contributed by atoms with Crippen molar-refractivity contribution >= 4 is 12.6 Å². The quantitative estimate of drug-likeness (QED) is 0.696. The molecule has 2 N–H and O–H groups in total. The van der Waals surface area contributed by atoms with Crippen LogP contribution in [0.25, 0.3) is 0 Å². The van der Waals surface area contributed by atoms with Gasteiger partial charge in [-0.2, -0.15) is 0 Å². The zero-order valence-corrected chi connectivity index (χ0v) is 7.07. The Labute approximate surface area is 102 Å². The van der Waals surface area contributed by atoms with Crippen molar-refractivity contribution in [2.45, 2.75) is 26.9 Å². The van der Waals surface area contributed by atoms with Gasteiger partial charge in [0, 0.05) is 28.3 Å². The van der Waals surface area contributed by atoms with Crippen LogP contribution in [0.4, 0.5) is 0 Å². The standard InChI is InChI=1S/C10H16BNO2/c1-7(2)6-10-8(3)9(11(13)14)4-5-12-10/h4-5,7,13-14H,6H2,1-3H3/i1D3,2D3,3D3,6D2,7D. The van der Waals surface area contributed by atoms with E-state index in [1.165, 1.54) is 0 Å². The zero-order valence-electron chi connectivity index (χ0n) is 19.1. The van der Waals surface area contributed by atoms with E-state index in [2.05, 4.69) is 4.98 Å². The van der Waals surface area contributed by atoms with Crippen LogP contribution in [0.1, 0.15) is 41.4 Å². The SMILES string of the molecule is [2H]C([2H])([2H])c1c(B(O)O)ccnc1C([2H])([2H])C([2H])(C([2H])([2H])[2H])C([2H])([2H])[2H]. The van der Waals surface area contributed by atoms with Gasteiger partial charge >= 0.3 is 7.12 Å². The summed E-state index contributed by atoms with van der Waals surface area (Å²) >= 11 is 0. The number of hydrogen-bond acceptors (Lipinski definition) is 3. The van der Waals surface area contributed by atoms with Gasteiger partial charge in [0.1, 0.15) is 0 Å². The van der Waals surface area contributed by atoms with Crippen LogP contribution in [-0.4, -0.2) is 22.2 Å². The molecule has 0 saturated heterocycles. The van der Waals surface area contributed by atoms with Gasteiger partial charge in [0.2, 0.25) is 0 Å². The minimum Gasteiger partial charge on any atom is -0.423 e. The van der Waals surface area contributed by atoms with Gasteiger partial charge in [-0.15, -0.1) is 0 Å². The maximum absolute atomic E-state index is 9.37. The summed E-state index contributed by atoms with van der Waals surface area (Å²) in [5.41, 5.74) is -2.92. The Morgan fingerprint density at radius 2 is 2.50 bits per heavy atom. The highest BCUT2D eigenvalue weighted by Crippen LogP contribution is 2.08. The van der Waals surface area contributed by atoms with Crippen LogP contribution >= 0.6 is 0 Å². The van der Waals surface area contributed by atoms with Crippen molar-refractivity contribution < 1.29 is 26.5 Å². The van der Waals surface area contributed by atoms with E-state index < -0.39 is 56.7 Å². The molecular formula is C10H16BNO2. The van der Waals surface area contributed by atoms with E-state index in [0.717, 1.165) is 12.3 Å². The average molecular weight is 205 g/mol.